The maximum Gasteiger partial charge on any atom is 0.235 e. The Kier molecular flexibility index (Phi) is 2.81. The lowest BCUT2D eigenvalue weighted by Gasteiger charge is -2.03. The van der Waals surface area contributed by atoms with Gasteiger partial charge in [-0.25, -0.2) is 0 Å². The van der Waals surface area contributed by atoms with E-state index in [1.165, 1.54) is 0 Å². The summed E-state index contributed by atoms with van der Waals surface area (Å²) in [6.45, 7) is 2.00. The molecule has 0 fully saturated rings. The zero-order valence-electron chi connectivity index (χ0n) is 9.69. The molecule has 1 aromatic carbocycles. The van der Waals surface area contributed by atoms with Gasteiger partial charge in [0.2, 0.25) is 5.88 Å². The number of rotatable bonds is 3. The average molecular weight is 217 g/mol. The molecule has 4 nitrogen and oxygen atoms in total. The molecule has 16 heavy (non-hydrogen) atoms. The monoisotopic (exact) mass is 217 g/mol. The molecule has 0 radical (unpaired) electrons. The van der Waals surface area contributed by atoms with Crippen LogP contribution in [0.1, 0.15) is 5.56 Å². The standard InChI is InChI=1S/C12H15N3O/c1-9-11(10-7-5-4-6-8-10)14-15(13-2)12(9)16-3/h4-8,13H,1-3H3. The van der Waals surface area contributed by atoms with Crippen molar-refractivity contribution in [2.45, 2.75) is 6.92 Å². The predicted molar refractivity (Wildman–Crippen MR) is 64.2 cm³/mol. The Balaban J connectivity index is 2.54. The highest BCUT2D eigenvalue weighted by molar-refractivity contribution is 5.64. The van der Waals surface area contributed by atoms with E-state index in [0.29, 0.717) is 0 Å². The third-order valence-electron chi connectivity index (χ3n) is 2.52. The van der Waals surface area contributed by atoms with Crippen molar-refractivity contribution in [1.29, 1.82) is 0 Å². The average Bonchev–Trinajstić information content (AvgIpc) is 2.66. The summed E-state index contributed by atoms with van der Waals surface area (Å²) in [5.74, 6) is 0.737. The molecule has 0 bridgehead atoms. The zero-order valence-corrected chi connectivity index (χ0v) is 9.69. The minimum Gasteiger partial charge on any atom is -0.480 e. The summed E-state index contributed by atoms with van der Waals surface area (Å²) in [6, 6.07) is 10.1. The first-order chi connectivity index (χ1) is 7.77. The van der Waals surface area contributed by atoms with Crippen molar-refractivity contribution in [2.75, 3.05) is 19.6 Å². The van der Waals surface area contributed by atoms with Crippen LogP contribution in [0.2, 0.25) is 0 Å². The van der Waals surface area contributed by atoms with Gasteiger partial charge in [0, 0.05) is 18.2 Å². The summed E-state index contributed by atoms with van der Waals surface area (Å²) < 4.78 is 5.31. The van der Waals surface area contributed by atoms with Crippen molar-refractivity contribution in [3.63, 3.8) is 0 Å². The lowest BCUT2D eigenvalue weighted by Crippen LogP contribution is -2.12. The van der Waals surface area contributed by atoms with Crippen molar-refractivity contribution >= 4 is 0 Å². The molecule has 0 amide bonds. The summed E-state index contributed by atoms with van der Waals surface area (Å²) in [6.07, 6.45) is 0. The molecule has 1 N–H and O–H groups in total. The molecule has 0 spiro atoms. The second-order valence-corrected chi connectivity index (χ2v) is 3.48. The van der Waals surface area contributed by atoms with Crippen LogP contribution in [0.5, 0.6) is 5.88 Å². The van der Waals surface area contributed by atoms with Gasteiger partial charge >= 0.3 is 0 Å². The van der Waals surface area contributed by atoms with Crippen LogP contribution in [-0.4, -0.2) is 24.0 Å². The third-order valence-corrected chi connectivity index (χ3v) is 2.52. The molecule has 0 atom stereocenters. The van der Waals surface area contributed by atoms with Gasteiger partial charge in [0.25, 0.3) is 0 Å². The van der Waals surface area contributed by atoms with Gasteiger partial charge in [-0.1, -0.05) is 30.3 Å². The fourth-order valence-corrected chi connectivity index (χ4v) is 1.74. The van der Waals surface area contributed by atoms with E-state index in [-0.39, 0.29) is 0 Å². The van der Waals surface area contributed by atoms with Crippen LogP contribution < -0.4 is 10.2 Å². The van der Waals surface area contributed by atoms with Crippen LogP contribution in [0, 0.1) is 6.92 Å². The molecule has 0 saturated heterocycles. The molecule has 2 rings (SSSR count). The smallest absolute Gasteiger partial charge is 0.235 e. The third kappa shape index (κ3) is 1.62. The molecule has 4 heteroatoms. The van der Waals surface area contributed by atoms with Crippen LogP contribution in [0.3, 0.4) is 0 Å². The number of nitrogens with zero attached hydrogens (tertiary/aromatic N) is 2. The van der Waals surface area contributed by atoms with Crippen molar-refractivity contribution < 1.29 is 4.74 Å². The summed E-state index contributed by atoms with van der Waals surface area (Å²) in [4.78, 5) is 1.64. The van der Waals surface area contributed by atoms with Gasteiger partial charge in [-0.3, -0.25) is 0 Å². The van der Waals surface area contributed by atoms with E-state index in [9.17, 15) is 0 Å². The Labute approximate surface area is 94.8 Å². The summed E-state index contributed by atoms with van der Waals surface area (Å²) in [7, 11) is 3.45. The van der Waals surface area contributed by atoms with Gasteiger partial charge in [0.15, 0.2) is 0 Å². The van der Waals surface area contributed by atoms with Crippen LogP contribution in [-0.2, 0) is 0 Å². The van der Waals surface area contributed by atoms with Crippen LogP contribution >= 0.6 is 0 Å². The van der Waals surface area contributed by atoms with E-state index in [1.54, 1.807) is 11.9 Å². The maximum atomic E-state index is 5.31. The first-order valence-corrected chi connectivity index (χ1v) is 5.14. The van der Waals surface area contributed by atoms with Gasteiger partial charge in [0.05, 0.1) is 7.11 Å². The molecule has 0 aliphatic rings. The molecule has 2 aromatic rings. The highest BCUT2D eigenvalue weighted by Crippen LogP contribution is 2.28. The maximum absolute atomic E-state index is 5.31. The van der Waals surface area contributed by atoms with Crippen molar-refractivity contribution in [3.8, 4) is 17.1 Å². The predicted octanol–water partition coefficient (Wildman–Crippen LogP) is 2.04. The Morgan fingerprint density at radius 3 is 2.44 bits per heavy atom. The topological polar surface area (TPSA) is 39.1 Å². The van der Waals surface area contributed by atoms with E-state index >= 15 is 0 Å². The quantitative estimate of drug-likeness (QED) is 0.855. The van der Waals surface area contributed by atoms with Crippen LogP contribution in [0.4, 0.5) is 0 Å². The van der Waals surface area contributed by atoms with Crippen molar-refractivity contribution in [1.82, 2.24) is 9.89 Å². The molecule has 0 saturated carbocycles. The second kappa shape index (κ2) is 4.26. The molecule has 0 aliphatic carbocycles. The number of methoxy groups -OCH3 is 1. The van der Waals surface area contributed by atoms with Crippen LogP contribution in [0.15, 0.2) is 30.3 Å². The minimum absolute atomic E-state index is 0.737. The fraction of sp³-hybridized carbons (Fsp3) is 0.250. The van der Waals surface area contributed by atoms with Gasteiger partial charge in [-0.15, -0.1) is 9.89 Å². The largest absolute Gasteiger partial charge is 0.480 e. The van der Waals surface area contributed by atoms with Crippen molar-refractivity contribution in [2.24, 2.45) is 0 Å². The highest BCUT2D eigenvalue weighted by atomic mass is 16.5. The zero-order chi connectivity index (χ0) is 11.5. The summed E-state index contributed by atoms with van der Waals surface area (Å²) in [5, 5.41) is 4.45. The molecule has 0 aliphatic heterocycles. The van der Waals surface area contributed by atoms with Gasteiger partial charge < -0.3 is 10.2 Å². The van der Waals surface area contributed by atoms with E-state index in [4.69, 9.17) is 4.74 Å². The number of hydrogen-bond acceptors (Lipinski definition) is 3. The molecule has 1 heterocycles. The number of aromatic nitrogens is 2. The number of benzene rings is 1. The van der Waals surface area contributed by atoms with Gasteiger partial charge in [-0.2, -0.15) is 0 Å². The number of ether oxygens (including phenoxy) is 1. The van der Waals surface area contributed by atoms with E-state index in [0.717, 1.165) is 22.7 Å². The molecular formula is C12H15N3O. The first kappa shape index (κ1) is 10.5. The van der Waals surface area contributed by atoms with Gasteiger partial charge in [-0.05, 0) is 6.92 Å². The van der Waals surface area contributed by atoms with Crippen LogP contribution in [0.25, 0.3) is 11.3 Å². The fourth-order valence-electron chi connectivity index (χ4n) is 1.74. The highest BCUT2D eigenvalue weighted by Gasteiger charge is 2.15. The Morgan fingerprint density at radius 1 is 1.25 bits per heavy atom. The normalized spacial score (nSPS) is 10.2. The Hall–Kier alpha value is -1.97. The minimum atomic E-state index is 0.737. The Morgan fingerprint density at radius 2 is 1.94 bits per heavy atom. The molecule has 0 unspecified atom stereocenters. The lowest BCUT2D eigenvalue weighted by molar-refractivity contribution is 0.373. The van der Waals surface area contributed by atoms with E-state index < -0.39 is 0 Å². The van der Waals surface area contributed by atoms with Gasteiger partial charge in [0.1, 0.15) is 5.69 Å². The summed E-state index contributed by atoms with van der Waals surface area (Å²) >= 11 is 0. The summed E-state index contributed by atoms with van der Waals surface area (Å²) in [5.41, 5.74) is 6.02. The van der Waals surface area contributed by atoms with Crippen molar-refractivity contribution in [3.05, 3.63) is 35.9 Å². The molecular weight excluding hydrogens is 202 g/mol. The molecule has 84 valence electrons. The SMILES string of the molecule is CNn1nc(-c2ccccc2)c(C)c1OC. The first-order valence-electron chi connectivity index (χ1n) is 5.14. The molecule has 1 aromatic heterocycles. The van der Waals surface area contributed by atoms with E-state index in [1.807, 2.05) is 44.3 Å². The lowest BCUT2D eigenvalue weighted by atomic mass is 10.1. The number of hydrogen-bond donors (Lipinski definition) is 1. The van der Waals surface area contributed by atoms with E-state index in [2.05, 4.69) is 10.5 Å². The second-order valence-electron chi connectivity index (χ2n) is 3.48. The number of nitrogens with one attached hydrogen (secondary N) is 1. The Bertz CT molecular complexity index is 477.